The molecule has 0 aromatic carbocycles. The minimum absolute atomic E-state index is 0.216. The molecule has 0 N–H and O–H groups in total. The molecule has 2 heterocycles. The second-order valence-electron chi connectivity index (χ2n) is 9.41. The number of nitrogens with zero attached hydrogens (tertiary/aromatic N) is 2. The zero-order chi connectivity index (χ0) is 18.6. The molecule has 146 valence electrons. The molecule has 2 rings (SSSR count). The van der Waals surface area contributed by atoms with Crippen molar-refractivity contribution < 1.29 is 4.79 Å². The Balaban J connectivity index is 1.75. The minimum Gasteiger partial charge on any atom is -0.301 e. The summed E-state index contributed by atoms with van der Waals surface area (Å²) in [7, 11) is 0. The van der Waals surface area contributed by atoms with Crippen LogP contribution >= 0.6 is 0 Å². The van der Waals surface area contributed by atoms with Crippen LogP contribution in [0.25, 0.3) is 0 Å². The van der Waals surface area contributed by atoms with Gasteiger partial charge < -0.3 is 9.80 Å². The van der Waals surface area contributed by atoms with Crippen LogP contribution < -0.4 is 0 Å². The van der Waals surface area contributed by atoms with Gasteiger partial charge in [0.25, 0.3) is 0 Å². The van der Waals surface area contributed by atoms with Gasteiger partial charge in [0.1, 0.15) is 5.78 Å². The number of carbonyl (C=O) groups excluding carboxylic acids is 1. The summed E-state index contributed by atoms with van der Waals surface area (Å²) in [5.74, 6) is 2.77. The first-order chi connectivity index (χ1) is 11.8. The number of carbonyl (C=O) groups is 1. The second-order valence-corrected chi connectivity index (χ2v) is 9.41. The molecule has 0 aliphatic carbocycles. The van der Waals surface area contributed by atoms with E-state index in [9.17, 15) is 4.79 Å². The zero-order valence-corrected chi connectivity index (χ0v) is 17.6. The van der Waals surface area contributed by atoms with Gasteiger partial charge in [-0.3, -0.25) is 4.79 Å². The lowest BCUT2D eigenvalue weighted by Crippen LogP contribution is -2.43. The number of ketones is 1. The third-order valence-corrected chi connectivity index (χ3v) is 6.98. The Morgan fingerprint density at radius 3 is 1.84 bits per heavy atom. The number of likely N-dealkylation sites (tertiary alicyclic amines) is 2. The highest BCUT2D eigenvalue weighted by Crippen LogP contribution is 2.28. The lowest BCUT2D eigenvalue weighted by molar-refractivity contribution is -0.128. The normalized spacial score (nSPS) is 24.8. The highest BCUT2D eigenvalue weighted by molar-refractivity contribution is 5.83. The lowest BCUT2D eigenvalue weighted by Gasteiger charge is -2.39. The van der Waals surface area contributed by atoms with Crippen LogP contribution in [0, 0.1) is 23.7 Å². The van der Waals surface area contributed by atoms with Crippen molar-refractivity contribution >= 4 is 5.78 Å². The summed E-state index contributed by atoms with van der Waals surface area (Å²) in [5.41, 5.74) is 0. The van der Waals surface area contributed by atoms with E-state index in [4.69, 9.17) is 0 Å². The molecule has 25 heavy (non-hydrogen) atoms. The Kier molecular flexibility index (Phi) is 7.94. The molecule has 2 fully saturated rings. The maximum atomic E-state index is 12.9. The molecule has 0 spiro atoms. The predicted molar refractivity (Wildman–Crippen MR) is 107 cm³/mol. The standard InChI is InChI=1S/C22H42N2O/c1-16(2)20-7-13-24(14-8-20)19(6)15-18(5)22(25)21-9-11-23(12-10-21)17(3)4/h16-21H,7-15H2,1-6H3. The van der Waals surface area contributed by atoms with Crippen molar-refractivity contribution in [3.8, 4) is 0 Å². The Labute approximate surface area is 156 Å². The van der Waals surface area contributed by atoms with Gasteiger partial charge in [-0.15, -0.1) is 0 Å². The molecule has 2 atom stereocenters. The summed E-state index contributed by atoms with van der Waals surface area (Å²) in [5, 5.41) is 0. The molecule has 2 unspecified atom stereocenters. The van der Waals surface area contributed by atoms with Crippen LogP contribution in [0.3, 0.4) is 0 Å². The van der Waals surface area contributed by atoms with Gasteiger partial charge in [-0.25, -0.2) is 0 Å². The van der Waals surface area contributed by atoms with Crippen LogP contribution in [-0.2, 0) is 4.79 Å². The van der Waals surface area contributed by atoms with Crippen molar-refractivity contribution in [3.63, 3.8) is 0 Å². The second kappa shape index (κ2) is 9.50. The number of piperidine rings is 2. The van der Waals surface area contributed by atoms with E-state index >= 15 is 0 Å². The fraction of sp³-hybridized carbons (Fsp3) is 0.955. The van der Waals surface area contributed by atoms with Crippen LogP contribution in [0.5, 0.6) is 0 Å². The van der Waals surface area contributed by atoms with Crippen LogP contribution in [0.1, 0.15) is 73.6 Å². The third-order valence-electron chi connectivity index (χ3n) is 6.98. The maximum absolute atomic E-state index is 12.9. The molecule has 3 nitrogen and oxygen atoms in total. The topological polar surface area (TPSA) is 23.6 Å². The van der Waals surface area contributed by atoms with Crippen LogP contribution in [-0.4, -0.2) is 53.8 Å². The molecule has 2 saturated heterocycles. The van der Waals surface area contributed by atoms with Crippen molar-refractivity contribution in [2.24, 2.45) is 23.7 Å². The van der Waals surface area contributed by atoms with E-state index in [0.717, 1.165) is 44.2 Å². The van der Waals surface area contributed by atoms with Crippen LogP contribution in [0.4, 0.5) is 0 Å². The molecule has 0 saturated carbocycles. The number of hydrogen-bond acceptors (Lipinski definition) is 3. The average molecular weight is 351 g/mol. The van der Waals surface area contributed by atoms with E-state index in [1.54, 1.807) is 0 Å². The van der Waals surface area contributed by atoms with E-state index in [2.05, 4.69) is 51.3 Å². The molecule has 0 amide bonds. The van der Waals surface area contributed by atoms with E-state index in [1.807, 2.05) is 0 Å². The van der Waals surface area contributed by atoms with Crippen molar-refractivity contribution in [2.45, 2.75) is 85.7 Å². The van der Waals surface area contributed by atoms with Gasteiger partial charge in [-0.1, -0.05) is 20.8 Å². The Hall–Kier alpha value is -0.410. The Bertz CT molecular complexity index is 404. The monoisotopic (exact) mass is 350 g/mol. The molecule has 3 heteroatoms. The predicted octanol–water partition coefficient (Wildman–Crippen LogP) is 4.46. The smallest absolute Gasteiger partial charge is 0.138 e. The summed E-state index contributed by atoms with van der Waals surface area (Å²) < 4.78 is 0. The van der Waals surface area contributed by atoms with E-state index in [0.29, 0.717) is 23.8 Å². The summed E-state index contributed by atoms with van der Waals surface area (Å²) in [4.78, 5) is 18.0. The molecule has 2 aliphatic heterocycles. The number of Topliss-reactive ketones (excluding diaryl/α,β-unsaturated/α-hetero) is 1. The van der Waals surface area contributed by atoms with Crippen molar-refractivity contribution in [3.05, 3.63) is 0 Å². The Morgan fingerprint density at radius 1 is 0.840 bits per heavy atom. The first-order valence-electron chi connectivity index (χ1n) is 10.8. The summed E-state index contributed by atoms with van der Waals surface area (Å²) >= 11 is 0. The summed E-state index contributed by atoms with van der Waals surface area (Å²) in [6.45, 7) is 18.4. The van der Waals surface area contributed by atoms with Gasteiger partial charge >= 0.3 is 0 Å². The Morgan fingerprint density at radius 2 is 1.36 bits per heavy atom. The summed E-state index contributed by atoms with van der Waals surface area (Å²) in [6.07, 6.45) is 5.83. The number of hydrogen-bond donors (Lipinski definition) is 0. The highest BCUT2D eigenvalue weighted by atomic mass is 16.1. The van der Waals surface area contributed by atoms with Crippen molar-refractivity contribution in [2.75, 3.05) is 26.2 Å². The van der Waals surface area contributed by atoms with Crippen molar-refractivity contribution in [1.82, 2.24) is 9.80 Å². The van der Waals surface area contributed by atoms with E-state index in [1.165, 1.54) is 25.9 Å². The molecular weight excluding hydrogens is 308 g/mol. The van der Waals surface area contributed by atoms with Crippen molar-refractivity contribution in [1.29, 1.82) is 0 Å². The average Bonchev–Trinajstić information content (AvgIpc) is 2.61. The molecular formula is C22H42N2O. The molecule has 2 aliphatic rings. The molecule has 0 aromatic heterocycles. The minimum atomic E-state index is 0.216. The molecule has 0 aromatic rings. The van der Waals surface area contributed by atoms with Gasteiger partial charge in [0.2, 0.25) is 0 Å². The zero-order valence-electron chi connectivity index (χ0n) is 17.6. The molecule has 0 radical (unpaired) electrons. The number of rotatable bonds is 7. The lowest BCUT2D eigenvalue weighted by atomic mass is 9.82. The maximum Gasteiger partial charge on any atom is 0.138 e. The van der Waals surface area contributed by atoms with Crippen LogP contribution in [0.15, 0.2) is 0 Å². The largest absolute Gasteiger partial charge is 0.301 e. The van der Waals surface area contributed by atoms with Gasteiger partial charge in [-0.2, -0.15) is 0 Å². The fourth-order valence-corrected chi connectivity index (χ4v) is 4.91. The van der Waals surface area contributed by atoms with Gasteiger partial charge in [0.05, 0.1) is 0 Å². The quantitative estimate of drug-likeness (QED) is 0.677. The molecule has 0 bridgehead atoms. The SMILES string of the molecule is CC(CC(C)N1CCC(C(C)C)CC1)C(=O)C1CCN(C(C)C)CC1. The van der Waals surface area contributed by atoms with Gasteiger partial charge in [0.15, 0.2) is 0 Å². The highest BCUT2D eigenvalue weighted by Gasteiger charge is 2.31. The first-order valence-corrected chi connectivity index (χ1v) is 10.8. The van der Waals surface area contributed by atoms with Gasteiger partial charge in [-0.05, 0) is 90.9 Å². The fourth-order valence-electron chi connectivity index (χ4n) is 4.91. The van der Waals surface area contributed by atoms with E-state index in [-0.39, 0.29) is 5.92 Å². The van der Waals surface area contributed by atoms with Crippen LogP contribution in [0.2, 0.25) is 0 Å². The summed E-state index contributed by atoms with van der Waals surface area (Å²) in [6, 6.07) is 1.16. The third kappa shape index (κ3) is 5.79. The van der Waals surface area contributed by atoms with E-state index < -0.39 is 0 Å². The van der Waals surface area contributed by atoms with Gasteiger partial charge in [0, 0.05) is 23.9 Å². The first kappa shape index (κ1) is 20.9.